The lowest BCUT2D eigenvalue weighted by Crippen LogP contribution is -2.52. The van der Waals surface area contributed by atoms with Crippen LogP contribution < -0.4 is 5.32 Å². The van der Waals surface area contributed by atoms with E-state index >= 15 is 0 Å². The molecule has 0 aliphatic carbocycles. The van der Waals surface area contributed by atoms with Crippen LogP contribution in [0.5, 0.6) is 0 Å². The minimum absolute atomic E-state index is 0.389. The zero-order chi connectivity index (χ0) is 22.0. The molecule has 1 amide bonds. The summed E-state index contributed by atoms with van der Waals surface area (Å²) in [6.07, 6.45) is -4.65. The Morgan fingerprint density at radius 2 is 1.34 bits per heavy atom. The summed E-state index contributed by atoms with van der Waals surface area (Å²) < 4.78 is 20.1. The molecule has 1 N–H and O–H groups in total. The molecule has 0 saturated carbocycles. The van der Waals surface area contributed by atoms with Crippen LogP contribution in [0.3, 0.4) is 0 Å². The summed E-state index contributed by atoms with van der Waals surface area (Å²) in [6.45, 7) is 3.79. The first-order valence-corrected chi connectivity index (χ1v) is 8.61. The number of esters is 4. The van der Waals surface area contributed by atoms with Gasteiger partial charge >= 0.3 is 23.9 Å². The molecule has 0 bridgehead atoms. The molecule has 0 spiro atoms. The van der Waals surface area contributed by atoms with Crippen LogP contribution in [0.25, 0.3) is 0 Å². The number of benzene rings is 1. The van der Waals surface area contributed by atoms with E-state index in [2.05, 4.69) is 5.32 Å². The van der Waals surface area contributed by atoms with Crippen LogP contribution in [0.15, 0.2) is 30.3 Å². The predicted molar refractivity (Wildman–Crippen MR) is 98.4 cm³/mol. The minimum Gasteiger partial charge on any atom is -0.462 e. The Labute approximate surface area is 167 Å². The van der Waals surface area contributed by atoms with Gasteiger partial charge in [0.05, 0.1) is 0 Å². The van der Waals surface area contributed by atoms with Gasteiger partial charge in [0.1, 0.15) is 6.61 Å². The SMILES string of the molecule is CC(=O)OC[C@H](OC(C)=O)[C@@H](OC(C)=O)[C@H](OC(C)=O)C(=O)Nc1ccccc1. The number of hydrogen-bond donors (Lipinski definition) is 1. The lowest BCUT2D eigenvalue weighted by Gasteiger charge is -2.30. The molecule has 0 aliphatic rings. The van der Waals surface area contributed by atoms with Gasteiger partial charge in [0, 0.05) is 33.4 Å². The monoisotopic (exact) mass is 409 g/mol. The van der Waals surface area contributed by atoms with E-state index in [0.717, 1.165) is 27.7 Å². The van der Waals surface area contributed by atoms with Crippen molar-refractivity contribution in [2.24, 2.45) is 0 Å². The summed E-state index contributed by atoms with van der Waals surface area (Å²) in [6, 6.07) is 8.25. The number of rotatable bonds is 9. The fourth-order valence-electron chi connectivity index (χ4n) is 2.32. The molecular weight excluding hydrogens is 386 g/mol. The van der Waals surface area contributed by atoms with Crippen molar-refractivity contribution < 1.29 is 42.9 Å². The van der Waals surface area contributed by atoms with Crippen molar-refractivity contribution >= 4 is 35.5 Å². The van der Waals surface area contributed by atoms with Crippen molar-refractivity contribution in [2.75, 3.05) is 11.9 Å². The highest BCUT2D eigenvalue weighted by Gasteiger charge is 2.42. The third-order valence-corrected chi connectivity index (χ3v) is 3.33. The predicted octanol–water partition coefficient (Wildman–Crippen LogP) is 0.983. The molecule has 0 saturated heterocycles. The van der Waals surface area contributed by atoms with Gasteiger partial charge in [-0.25, -0.2) is 0 Å². The Bertz CT molecular complexity index is 747. The average Bonchev–Trinajstić information content (AvgIpc) is 2.61. The molecule has 1 aromatic carbocycles. The molecule has 1 rings (SSSR count). The number of carbonyl (C=O) groups excluding carboxylic acids is 5. The highest BCUT2D eigenvalue weighted by atomic mass is 16.6. The fraction of sp³-hybridized carbons (Fsp3) is 0.421. The summed E-state index contributed by atoms with van der Waals surface area (Å²) in [7, 11) is 0. The maximum absolute atomic E-state index is 12.8. The van der Waals surface area contributed by atoms with Crippen molar-refractivity contribution in [1.82, 2.24) is 0 Å². The largest absolute Gasteiger partial charge is 0.462 e. The van der Waals surface area contributed by atoms with E-state index in [0.29, 0.717) is 5.69 Å². The molecule has 0 heterocycles. The quantitative estimate of drug-likeness (QED) is 0.468. The molecule has 0 aliphatic heterocycles. The van der Waals surface area contributed by atoms with E-state index in [-0.39, 0.29) is 0 Å². The standard InChI is InChI=1S/C19H23NO9/c1-11(21)26-10-16(27-12(2)22)17(28-13(3)23)18(29-14(4)24)19(25)20-15-8-6-5-7-9-15/h5-9,16-18H,10H2,1-4H3,(H,20,25)/t16-,17+,18-/m0/s1. The minimum atomic E-state index is -1.68. The van der Waals surface area contributed by atoms with Gasteiger partial charge in [-0.3, -0.25) is 24.0 Å². The van der Waals surface area contributed by atoms with Gasteiger partial charge in [0.15, 0.2) is 12.2 Å². The van der Waals surface area contributed by atoms with E-state index < -0.39 is 54.7 Å². The van der Waals surface area contributed by atoms with Crippen LogP contribution in [0.4, 0.5) is 5.69 Å². The fourth-order valence-corrected chi connectivity index (χ4v) is 2.32. The Kier molecular flexibility index (Phi) is 9.30. The molecule has 3 atom stereocenters. The third-order valence-electron chi connectivity index (χ3n) is 3.33. The average molecular weight is 409 g/mol. The van der Waals surface area contributed by atoms with E-state index in [1.165, 1.54) is 0 Å². The first kappa shape index (κ1) is 23.6. The zero-order valence-electron chi connectivity index (χ0n) is 16.5. The maximum Gasteiger partial charge on any atom is 0.303 e. The summed E-state index contributed by atoms with van der Waals surface area (Å²) in [5, 5.41) is 2.52. The maximum atomic E-state index is 12.8. The number of hydrogen-bond acceptors (Lipinski definition) is 9. The summed E-state index contributed by atoms with van der Waals surface area (Å²) in [4.78, 5) is 58.6. The van der Waals surface area contributed by atoms with Crippen LogP contribution in [0.2, 0.25) is 0 Å². The van der Waals surface area contributed by atoms with E-state index in [9.17, 15) is 24.0 Å². The summed E-state index contributed by atoms with van der Waals surface area (Å²) >= 11 is 0. The van der Waals surface area contributed by atoms with Gasteiger partial charge < -0.3 is 24.3 Å². The topological polar surface area (TPSA) is 134 Å². The molecule has 0 fully saturated rings. The molecule has 158 valence electrons. The van der Waals surface area contributed by atoms with Gasteiger partial charge in [-0.2, -0.15) is 0 Å². The normalized spacial score (nSPS) is 13.2. The van der Waals surface area contributed by atoms with Gasteiger partial charge in [-0.05, 0) is 12.1 Å². The Balaban J connectivity index is 3.24. The highest BCUT2D eigenvalue weighted by Crippen LogP contribution is 2.17. The highest BCUT2D eigenvalue weighted by molar-refractivity contribution is 5.96. The zero-order valence-corrected chi connectivity index (χ0v) is 16.5. The molecule has 29 heavy (non-hydrogen) atoms. The molecule has 0 radical (unpaired) electrons. The van der Waals surface area contributed by atoms with Crippen molar-refractivity contribution in [1.29, 1.82) is 0 Å². The number of nitrogens with one attached hydrogen (secondary N) is 1. The lowest BCUT2D eigenvalue weighted by molar-refractivity contribution is -0.190. The van der Waals surface area contributed by atoms with Crippen LogP contribution >= 0.6 is 0 Å². The lowest BCUT2D eigenvalue weighted by atomic mass is 10.1. The molecule has 0 aromatic heterocycles. The Morgan fingerprint density at radius 3 is 1.83 bits per heavy atom. The van der Waals surface area contributed by atoms with Crippen LogP contribution in [0, 0.1) is 0 Å². The third kappa shape index (κ3) is 8.87. The van der Waals surface area contributed by atoms with Crippen LogP contribution in [-0.2, 0) is 42.9 Å². The van der Waals surface area contributed by atoms with Crippen molar-refractivity contribution in [2.45, 2.75) is 46.0 Å². The Hall–Kier alpha value is -3.43. The van der Waals surface area contributed by atoms with Crippen LogP contribution in [0.1, 0.15) is 27.7 Å². The number of anilines is 1. The first-order chi connectivity index (χ1) is 13.6. The van der Waals surface area contributed by atoms with Crippen molar-refractivity contribution in [3.63, 3.8) is 0 Å². The van der Waals surface area contributed by atoms with Crippen molar-refractivity contribution in [3.05, 3.63) is 30.3 Å². The number of para-hydroxylation sites is 1. The first-order valence-electron chi connectivity index (χ1n) is 8.61. The van der Waals surface area contributed by atoms with E-state index in [1.807, 2.05) is 0 Å². The summed E-state index contributed by atoms with van der Waals surface area (Å²) in [5.74, 6) is -3.99. The molecular formula is C19H23NO9. The van der Waals surface area contributed by atoms with Crippen molar-refractivity contribution in [3.8, 4) is 0 Å². The molecule has 0 unspecified atom stereocenters. The second-order valence-corrected chi connectivity index (χ2v) is 5.91. The Morgan fingerprint density at radius 1 is 0.793 bits per heavy atom. The number of ether oxygens (including phenoxy) is 4. The number of carbonyl (C=O) groups is 5. The van der Waals surface area contributed by atoms with Gasteiger partial charge in [0.25, 0.3) is 5.91 Å². The molecule has 10 nitrogen and oxygen atoms in total. The number of amides is 1. The van der Waals surface area contributed by atoms with Gasteiger partial charge in [-0.1, -0.05) is 18.2 Å². The van der Waals surface area contributed by atoms with Gasteiger partial charge in [0.2, 0.25) is 6.10 Å². The van der Waals surface area contributed by atoms with E-state index in [4.69, 9.17) is 18.9 Å². The van der Waals surface area contributed by atoms with Crippen LogP contribution in [-0.4, -0.2) is 54.7 Å². The molecule has 10 heteroatoms. The molecule has 1 aromatic rings. The second kappa shape index (κ2) is 11.4. The van der Waals surface area contributed by atoms with Gasteiger partial charge in [-0.15, -0.1) is 0 Å². The summed E-state index contributed by atoms with van der Waals surface area (Å²) in [5.41, 5.74) is 0.389. The van der Waals surface area contributed by atoms with E-state index in [1.54, 1.807) is 30.3 Å². The second-order valence-electron chi connectivity index (χ2n) is 5.91. The smallest absolute Gasteiger partial charge is 0.303 e.